The zero-order valence-corrected chi connectivity index (χ0v) is 13.2. The molecule has 0 aliphatic rings. The van der Waals surface area contributed by atoms with E-state index >= 15 is 0 Å². The van der Waals surface area contributed by atoms with E-state index in [1.54, 1.807) is 0 Å². The molecule has 0 aromatic rings. The Morgan fingerprint density at radius 2 is 1.44 bits per heavy atom. The lowest BCUT2D eigenvalue weighted by Gasteiger charge is -2.20. The third-order valence-corrected chi connectivity index (χ3v) is 2.97. The molecule has 0 aliphatic heterocycles. The molecule has 2 nitrogen and oxygen atoms in total. The van der Waals surface area contributed by atoms with Gasteiger partial charge in [0.15, 0.2) is 0 Å². The average Bonchev–Trinajstić information content (AvgIpc) is 2.28. The van der Waals surface area contributed by atoms with Crippen LogP contribution in [-0.4, -0.2) is 24.9 Å². The minimum Gasteiger partial charge on any atom is -0.379 e. The quantitative estimate of drug-likeness (QED) is 0.461. The molecule has 0 aromatic heterocycles. The van der Waals surface area contributed by atoms with Crippen LogP contribution in [0.15, 0.2) is 0 Å². The van der Waals surface area contributed by atoms with E-state index < -0.39 is 0 Å². The van der Waals surface area contributed by atoms with Gasteiger partial charge in [0.05, 0.1) is 18.3 Å². The van der Waals surface area contributed by atoms with Gasteiger partial charge in [-0.25, -0.2) is 0 Å². The van der Waals surface area contributed by atoms with E-state index in [0.717, 1.165) is 19.4 Å². The Hall–Kier alpha value is -0.0800. The van der Waals surface area contributed by atoms with Crippen molar-refractivity contribution in [1.82, 2.24) is 0 Å². The van der Waals surface area contributed by atoms with E-state index in [4.69, 9.17) is 9.47 Å². The molecule has 1 atom stereocenters. The van der Waals surface area contributed by atoms with Crippen molar-refractivity contribution in [3.05, 3.63) is 0 Å². The smallest absolute Gasteiger partial charge is 0.0579 e. The molecule has 110 valence electrons. The summed E-state index contributed by atoms with van der Waals surface area (Å²) in [5.74, 6) is 0. The Bertz CT molecular complexity index is 166. The normalized spacial score (nSPS) is 13.5. The van der Waals surface area contributed by atoms with Crippen molar-refractivity contribution < 1.29 is 9.47 Å². The molecule has 1 unspecified atom stereocenters. The van der Waals surface area contributed by atoms with Gasteiger partial charge in [-0.1, -0.05) is 32.6 Å². The Balaban J connectivity index is 3.70. The van der Waals surface area contributed by atoms with Crippen molar-refractivity contribution in [3.63, 3.8) is 0 Å². The second-order valence-corrected chi connectivity index (χ2v) is 5.72. The summed E-state index contributed by atoms with van der Waals surface area (Å²) in [5, 5.41) is 0. The van der Waals surface area contributed by atoms with Crippen LogP contribution in [0, 0.1) is 0 Å². The highest BCUT2D eigenvalue weighted by molar-refractivity contribution is 4.61. The Morgan fingerprint density at radius 3 is 2.00 bits per heavy atom. The number of ether oxygens (including phenoxy) is 2. The lowest BCUT2D eigenvalue weighted by Crippen LogP contribution is -2.19. The third kappa shape index (κ3) is 12.4. The van der Waals surface area contributed by atoms with Crippen molar-refractivity contribution in [2.24, 2.45) is 0 Å². The molecule has 0 bridgehead atoms. The van der Waals surface area contributed by atoms with Gasteiger partial charge >= 0.3 is 0 Å². The molecule has 0 radical (unpaired) electrons. The minimum absolute atomic E-state index is 0.340. The van der Waals surface area contributed by atoms with E-state index in [-0.39, 0.29) is 0 Å². The second-order valence-electron chi connectivity index (χ2n) is 5.72. The van der Waals surface area contributed by atoms with Crippen LogP contribution in [-0.2, 0) is 9.47 Å². The van der Waals surface area contributed by atoms with Gasteiger partial charge in [0.1, 0.15) is 0 Å². The molecule has 0 N–H and O–H groups in total. The number of hydrogen-bond acceptors (Lipinski definition) is 2. The van der Waals surface area contributed by atoms with E-state index in [1.165, 1.54) is 32.1 Å². The van der Waals surface area contributed by atoms with Crippen molar-refractivity contribution in [3.8, 4) is 0 Å². The van der Waals surface area contributed by atoms with Crippen molar-refractivity contribution in [2.75, 3.05) is 6.61 Å². The van der Waals surface area contributed by atoms with E-state index in [0.29, 0.717) is 18.3 Å². The molecule has 0 spiro atoms. The first-order chi connectivity index (χ1) is 8.56. The van der Waals surface area contributed by atoms with Crippen LogP contribution in [0.1, 0.15) is 79.6 Å². The fourth-order valence-corrected chi connectivity index (χ4v) is 2.09. The van der Waals surface area contributed by atoms with Crippen LogP contribution in [0.2, 0.25) is 0 Å². The monoisotopic (exact) mass is 258 g/mol. The molecule has 0 aromatic carbocycles. The summed E-state index contributed by atoms with van der Waals surface area (Å²) in [6.45, 7) is 11.6. The van der Waals surface area contributed by atoms with Gasteiger partial charge in [-0.15, -0.1) is 0 Å². The van der Waals surface area contributed by atoms with Crippen molar-refractivity contribution >= 4 is 0 Å². The van der Waals surface area contributed by atoms with E-state index in [1.807, 2.05) is 0 Å². The van der Waals surface area contributed by atoms with Crippen LogP contribution >= 0.6 is 0 Å². The lowest BCUT2D eigenvalue weighted by molar-refractivity contribution is -0.0108. The van der Waals surface area contributed by atoms with Crippen LogP contribution in [0.5, 0.6) is 0 Å². The maximum absolute atomic E-state index is 5.98. The molecule has 0 amide bonds. The fraction of sp³-hybridized carbons (Fsp3) is 1.00. The topological polar surface area (TPSA) is 18.5 Å². The summed E-state index contributed by atoms with van der Waals surface area (Å²) in [5.41, 5.74) is 0. The Morgan fingerprint density at radius 1 is 0.778 bits per heavy atom. The molecule has 2 heteroatoms. The minimum atomic E-state index is 0.340. The molecular formula is C16H34O2. The highest BCUT2D eigenvalue weighted by Gasteiger charge is 2.10. The largest absolute Gasteiger partial charge is 0.379 e. The van der Waals surface area contributed by atoms with Crippen LogP contribution in [0.3, 0.4) is 0 Å². The average molecular weight is 258 g/mol. The van der Waals surface area contributed by atoms with Gasteiger partial charge in [-0.3, -0.25) is 0 Å². The predicted molar refractivity (Wildman–Crippen MR) is 79.1 cm³/mol. The standard InChI is InChI=1S/C16H34O2/c1-6-7-8-9-11-16(18-15(4)5)12-10-13-17-14(2)3/h14-16H,6-13H2,1-5H3. The summed E-state index contributed by atoms with van der Waals surface area (Å²) >= 11 is 0. The zero-order valence-electron chi connectivity index (χ0n) is 13.2. The van der Waals surface area contributed by atoms with Crippen LogP contribution < -0.4 is 0 Å². The third-order valence-electron chi connectivity index (χ3n) is 2.97. The summed E-state index contributed by atoms with van der Waals surface area (Å²) in [6.07, 6.45) is 9.87. The van der Waals surface area contributed by atoms with Crippen molar-refractivity contribution in [1.29, 1.82) is 0 Å². The SMILES string of the molecule is CCCCCCC(CCCOC(C)C)OC(C)C. The molecule has 0 fully saturated rings. The van der Waals surface area contributed by atoms with E-state index in [2.05, 4.69) is 34.6 Å². The van der Waals surface area contributed by atoms with E-state index in [9.17, 15) is 0 Å². The first-order valence-electron chi connectivity index (χ1n) is 7.83. The lowest BCUT2D eigenvalue weighted by atomic mass is 10.1. The summed E-state index contributed by atoms with van der Waals surface area (Å²) < 4.78 is 11.6. The second kappa shape index (κ2) is 12.0. The molecule has 0 aliphatic carbocycles. The van der Waals surface area contributed by atoms with Gasteiger partial charge in [0.2, 0.25) is 0 Å². The highest BCUT2D eigenvalue weighted by Crippen LogP contribution is 2.15. The van der Waals surface area contributed by atoms with Crippen LogP contribution in [0.25, 0.3) is 0 Å². The van der Waals surface area contributed by atoms with Crippen LogP contribution in [0.4, 0.5) is 0 Å². The maximum Gasteiger partial charge on any atom is 0.0579 e. The summed E-state index contributed by atoms with van der Waals surface area (Å²) in [7, 11) is 0. The van der Waals surface area contributed by atoms with Gasteiger partial charge in [-0.05, 0) is 47.0 Å². The summed E-state index contributed by atoms with van der Waals surface area (Å²) in [6, 6.07) is 0. The molecule has 0 heterocycles. The number of hydrogen-bond donors (Lipinski definition) is 0. The van der Waals surface area contributed by atoms with Crippen molar-refractivity contribution in [2.45, 2.75) is 97.9 Å². The van der Waals surface area contributed by atoms with Gasteiger partial charge < -0.3 is 9.47 Å². The Labute approximate surface area is 114 Å². The number of unbranched alkanes of at least 4 members (excludes halogenated alkanes) is 3. The number of rotatable bonds is 12. The fourth-order valence-electron chi connectivity index (χ4n) is 2.09. The first kappa shape index (κ1) is 17.9. The molecule has 0 saturated carbocycles. The van der Waals surface area contributed by atoms with Gasteiger partial charge in [-0.2, -0.15) is 0 Å². The van der Waals surface area contributed by atoms with Gasteiger partial charge in [0, 0.05) is 6.61 Å². The van der Waals surface area contributed by atoms with Gasteiger partial charge in [0.25, 0.3) is 0 Å². The summed E-state index contributed by atoms with van der Waals surface area (Å²) in [4.78, 5) is 0. The highest BCUT2D eigenvalue weighted by atomic mass is 16.5. The molecule has 18 heavy (non-hydrogen) atoms. The molecular weight excluding hydrogens is 224 g/mol. The zero-order chi connectivity index (χ0) is 13.8. The Kier molecular flexibility index (Phi) is 11.9. The predicted octanol–water partition coefficient (Wildman–Crippen LogP) is 4.96. The maximum atomic E-state index is 5.98. The molecule has 0 rings (SSSR count). The molecule has 0 saturated heterocycles. The first-order valence-corrected chi connectivity index (χ1v) is 7.83.